The highest BCUT2D eigenvalue weighted by atomic mass is 32.1. The lowest BCUT2D eigenvalue weighted by Crippen LogP contribution is -2.29. The second kappa shape index (κ2) is 9.47. The van der Waals surface area contributed by atoms with E-state index < -0.39 is 28.4 Å². The molecule has 1 unspecified atom stereocenters. The molecule has 1 amide bonds. The van der Waals surface area contributed by atoms with E-state index in [2.05, 4.69) is 4.98 Å². The van der Waals surface area contributed by atoms with Crippen molar-refractivity contribution in [3.05, 3.63) is 99.1 Å². The minimum atomic E-state index is -1.12. The molecule has 1 aliphatic heterocycles. The van der Waals surface area contributed by atoms with Crippen molar-refractivity contribution in [3.8, 4) is 5.75 Å². The van der Waals surface area contributed by atoms with Crippen LogP contribution in [0.15, 0.2) is 72.3 Å². The van der Waals surface area contributed by atoms with Crippen molar-refractivity contribution < 1.29 is 24.4 Å². The molecule has 1 saturated heterocycles. The van der Waals surface area contributed by atoms with Gasteiger partial charge in [-0.05, 0) is 53.9 Å². The molecule has 9 nitrogen and oxygen atoms in total. The predicted molar refractivity (Wildman–Crippen MR) is 140 cm³/mol. The highest BCUT2D eigenvalue weighted by Crippen LogP contribution is 2.45. The van der Waals surface area contributed by atoms with Gasteiger partial charge in [-0.15, -0.1) is 0 Å². The molecule has 2 heterocycles. The summed E-state index contributed by atoms with van der Waals surface area (Å²) in [6, 6.07) is 16.7. The number of nitro benzene ring substituents is 1. The maximum absolute atomic E-state index is 13.4. The van der Waals surface area contributed by atoms with Crippen LogP contribution in [0.4, 0.5) is 10.8 Å². The number of aliphatic hydroxyl groups is 1. The van der Waals surface area contributed by atoms with Gasteiger partial charge < -0.3 is 9.84 Å². The molecule has 10 heteroatoms. The minimum Gasteiger partial charge on any atom is -0.507 e. The zero-order valence-corrected chi connectivity index (χ0v) is 20.7. The number of ether oxygens (including phenoxy) is 1. The summed E-state index contributed by atoms with van der Waals surface area (Å²) in [4.78, 5) is 43.5. The molecule has 0 spiro atoms. The topological polar surface area (TPSA) is 123 Å². The predicted octanol–water partition coefficient (Wildman–Crippen LogP) is 5.40. The van der Waals surface area contributed by atoms with Crippen LogP contribution in [-0.4, -0.2) is 33.8 Å². The van der Waals surface area contributed by atoms with Crippen LogP contribution in [-0.2, 0) is 16.0 Å². The first-order valence-electron chi connectivity index (χ1n) is 11.4. The lowest BCUT2D eigenvalue weighted by atomic mass is 9.95. The molecular weight excluding hydrogens is 494 g/mol. The Labute approximate surface area is 215 Å². The quantitative estimate of drug-likeness (QED) is 0.120. The van der Waals surface area contributed by atoms with Gasteiger partial charge >= 0.3 is 5.91 Å². The molecule has 1 atom stereocenters. The van der Waals surface area contributed by atoms with Crippen LogP contribution in [0.3, 0.4) is 0 Å². The van der Waals surface area contributed by atoms with Gasteiger partial charge in [-0.1, -0.05) is 36.5 Å². The molecular formula is C27H21N3O6S. The number of anilines is 1. The van der Waals surface area contributed by atoms with Crippen molar-refractivity contribution in [1.82, 2.24) is 4.98 Å². The summed E-state index contributed by atoms with van der Waals surface area (Å²) in [5, 5.41) is 23.0. The Kier molecular flexibility index (Phi) is 6.18. The molecule has 1 aromatic heterocycles. The number of amides is 1. The molecule has 0 saturated carbocycles. The fourth-order valence-electron chi connectivity index (χ4n) is 4.34. The fourth-order valence-corrected chi connectivity index (χ4v) is 5.39. The number of fused-ring (bicyclic) bond motifs is 1. The zero-order valence-electron chi connectivity index (χ0n) is 19.9. The van der Waals surface area contributed by atoms with E-state index in [1.807, 2.05) is 25.1 Å². The highest BCUT2D eigenvalue weighted by molar-refractivity contribution is 7.22. The molecule has 1 aliphatic rings. The minimum absolute atomic E-state index is 0.177. The van der Waals surface area contributed by atoms with Crippen molar-refractivity contribution in [1.29, 1.82) is 0 Å². The number of benzene rings is 3. The van der Waals surface area contributed by atoms with Crippen LogP contribution in [0.2, 0.25) is 0 Å². The van der Waals surface area contributed by atoms with Crippen LogP contribution < -0.4 is 9.64 Å². The molecule has 0 aliphatic carbocycles. The fraction of sp³-hybridized carbons (Fsp3) is 0.148. The van der Waals surface area contributed by atoms with E-state index in [0.717, 1.165) is 16.7 Å². The number of nitro groups is 1. The van der Waals surface area contributed by atoms with Gasteiger partial charge in [0.2, 0.25) is 0 Å². The summed E-state index contributed by atoms with van der Waals surface area (Å²) in [5.74, 6) is -1.62. The van der Waals surface area contributed by atoms with Crippen LogP contribution in [0.5, 0.6) is 5.75 Å². The van der Waals surface area contributed by atoms with Gasteiger partial charge in [0, 0.05) is 17.7 Å². The number of rotatable bonds is 6. The van der Waals surface area contributed by atoms with E-state index in [4.69, 9.17) is 4.74 Å². The lowest BCUT2D eigenvalue weighted by molar-refractivity contribution is -0.384. The molecule has 37 heavy (non-hydrogen) atoms. The van der Waals surface area contributed by atoms with Crippen LogP contribution in [0, 0.1) is 10.1 Å². The Hall–Kier alpha value is -4.57. The lowest BCUT2D eigenvalue weighted by Gasteiger charge is -2.22. The van der Waals surface area contributed by atoms with Gasteiger partial charge in [0.05, 0.1) is 33.9 Å². The second-order valence-corrected chi connectivity index (χ2v) is 9.41. The second-order valence-electron chi connectivity index (χ2n) is 8.40. The number of aliphatic hydroxyl groups excluding tert-OH is 1. The number of ketones is 1. The number of thiazole rings is 1. The van der Waals surface area contributed by atoms with Crippen LogP contribution in [0.1, 0.15) is 29.7 Å². The molecule has 0 radical (unpaired) electrons. The molecule has 1 fully saturated rings. The summed E-state index contributed by atoms with van der Waals surface area (Å²) in [6.45, 7) is 2.03. The van der Waals surface area contributed by atoms with E-state index in [-0.39, 0.29) is 16.4 Å². The monoisotopic (exact) mass is 515 g/mol. The Bertz CT molecular complexity index is 1590. The maximum atomic E-state index is 13.4. The first kappa shape index (κ1) is 24.1. The average molecular weight is 516 g/mol. The number of Topliss-reactive ketones (excluding diaryl/α,β-unsaturated/α-hetero) is 1. The molecule has 4 aromatic rings. The van der Waals surface area contributed by atoms with Crippen molar-refractivity contribution in [3.63, 3.8) is 0 Å². The summed E-state index contributed by atoms with van der Waals surface area (Å²) < 4.78 is 6.00. The zero-order chi connectivity index (χ0) is 26.3. The first-order chi connectivity index (χ1) is 17.8. The summed E-state index contributed by atoms with van der Waals surface area (Å²) >= 11 is 1.24. The number of non-ortho nitro benzene ring substituents is 1. The Balaban J connectivity index is 1.72. The van der Waals surface area contributed by atoms with E-state index in [1.54, 1.807) is 30.3 Å². The van der Waals surface area contributed by atoms with E-state index in [0.29, 0.717) is 22.4 Å². The third kappa shape index (κ3) is 4.21. The van der Waals surface area contributed by atoms with Gasteiger partial charge in [0.1, 0.15) is 11.5 Å². The third-order valence-corrected chi connectivity index (χ3v) is 7.28. The maximum Gasteiger partial charge on any atom is 0.301 e. The largest absolute Gasteiger partial charge is 0.507 e. The summed E-state index contributed by atoms with van der Waals surface area (Å²) in [6.07, 6.45) is 0.823. The normalized spacial score (nSPS) is 16.9. The smallest absolute Gasteiger partial charge is 0.301 e. The number of methoxy groups -OCH3 is 1. The Morgan fingerprint density at radius 1 is 1.14 bits per heavy atom. The van der Waals surface area contributed by atoms with E-state index >= 15 is 0 Å². The van der Waals surface area contributed by atoms with Gasteiger partial charge in [-0.2, -0.15) is 0 Å². The van der Waals surface area contributed by atoms with Gasteiger partial charge in [-0.25, -0.2) is 4.98 Å². The van der Waals surface area contributed by atoms with Crippen LogP contribution in [0.25, 0.3) is 16.0 Å². The standard InChI is InChI=1S/C27H21N3O6S/c1-3-15-7-12-20-21(13-15)37-27(28-20)29-23(17-5-4-6-18(14-17)30(34)35)22(25(32)26(29)33)24(31)16-8-10-19(36-2)11-9-16/h4-14,23,31H,3H2,1-2H3. The Morgan fingerprint density at radius 3 is 2.57 bits per heavy atom. The summed E-state index contributed by atoms with van der Waals surface area (Å²) in [7, 11) is 1.50. The van der Waals surface area contributed by atoms with Crippen molar-refractivity contribution in [2.45, 2.75) is 19.4 Å². The van der Waals surface area contributed by atoms with Crippen molar-refractivity contribution in [2.75, 3.05) is 12.0 Å². The number of aryl methyl sites for hydroxylation is 1. The van der Waals surface area contributed by atoms with E-state index in [9.17, 15) is 24.8 Å². The molecule has 3 aromatic carbocycles. The third-order valence-electron chi connectivity index (χ3n) is 6.26. The molecule has 0 bridgehead atoms. The van der Waals surface area contributed by atoms with Gasteiger partial charge in [0.25, 0.3) is 11.5 Å². The number of hydrogen-bond donors (Lipinski definition) is 1. The molecule has 186 valence electrons. The SMILES string of the molecule is CCc1ccc2nc(N3C(=O)C(=O)C(=C(O)c4ccc(OC)cc4)C3c3cccc([N+](=O)[O-])c3)sc2c1. The number of carbonyl (C=O) groups excluding carboxylic acids is 2. The number of carbonyl (C=O) groups is 2. The number of hydrogen-bond acceptors (Lipinski definition) is 8. The van der Waals surface area contributed by atoms with Crippen LogP contribution >= 0.6 is 11.3 Å². The van der Waals surface area contributed by atoms with Gasteiger partial charge in [0.15, 0.2) is 5.13 Å². The molecule has 1 N–H and O–H groups in total. The Morgan fingerprint density at radius 2 is 1.89 bits per heavy atom. The van der Waals surface area contributed by atoms with Crippen molar-refractivity contribution >= 4 is 49.8 Å². The van der Waals surface area contributed by atoms with Gasteiger partial charge in [-0.3, -0.25) is 24.6 Å². The van der Waals surface area contributed by atoms with E-state index in [1.165, 1.54) is 41.5 Å². The first-order valence-corrected chi connectivity index (χ1v) is 12.2. The molecule has 5 rings (SSSR count). The number of aromatic nitrogens is 1. The average Bonchev–Trinajstić information content (AvgIpc) is 3.45. The highest BCUT2D eigenvalue weighted by Gasteiger charge is 2.48. The summed E-state index contributed by atoms with van der Waals surface area (Å²) in [5.41, 5.74) is 1.98. The number of nitrogens with zero attached hydrogens (tertiary/aromatic N) is 3. The van der Waals surface area contributed by atoms with Crippen molar-refractivity contribution in [2.24, 2.45) is 0 Å².